The molecule has 0 radical (unpaired) electrons. The van der Waals surface area contributed by atoms with Crippen LogP contribution in [0.3, 0.4) is 0 Å². The first-order valence-corrected chi connectivity index (χ1v) is 3.78. The Morgan fingerprint density at radius 2 is 2.33 bits per heavy atom. The maximum absolute atomic E-state index is 5.33. The number of piperidine rings is 1. The molecule has 2 aliphatic heterocycles. The topological polar surface area (TPSA) is 21.3 Å². The van der Waals surface area contributed by atoms with Crippen molar-refractivity contribution in [2.24, 2.45) is 5.92 Å². The SMILES string of the molecule is C1CN[C@H]2COC[C@H]2C1. The van der Waals surface area contributed by atoms with Gasteiger partial charge in [-0.2, -0.15) is 0 Å². The lowest BCUT2D eigenvalue weighted by Gasteiger charge is -2.24. The average Bonchev–Trinajstić information content (AvgIpc) is 2.33. The normalized spacial score (nSPS) is 42.7. The lowest BCUT2D eigenvalue weighted by molar-refractivity contribution is 0.183. The molecule has 1 N–H and O–H groups in total. The van der Waals surface area contributed by atoms with E-state index in [0.717, 1.165) is 19.1 Å². The molecule has 2 fully saturated rings. The summed E-state index contributed by atoms with van der Waals surface area (Å²) in [7, 11) is 0. The molecule has 9 heavy (non-hydrogen) atoms. The molecule has 0 aromatic carbocycles. The highest BCUT2D eigenvalue weighted by Crippen LogP contribution is 2.21. The minimum atomic E-state index is 0.693. The number of rotatable bonds is 0. The summed E-state index contributed by atoms with van der Waals surface area (Å²) in [4.78, 5) is 0. The zero-order valence-electron chi connectivity index (χ0n) is 5.60. The van der Waals surface area contributed by atoms with Crippen molar-refractivity contribution in [1.82, 2.24) is 5.32 Å². The lowest BCUT2D eigenvalue weighted by Crippen LogP contribution is -2.40. The predicted molar refractivity (Wildman–Crippen MR) is 35.3 cm³/mol. The molecule has 2 nitrogen and oxygen atoms in total. The largest absolute Gasteiger partial charge is 0.379 e. The summed E-state index contributed by atoms with van der Waals surface area (Å²) >= 11 is 0. The van der Waals surface area contributed by atoms with Crippen LogP contribution >= 0.6 is 0 Å². The summed E-state index contributed by atoms with van der Waals surface area (Å²) in [5, 5.41) is 3.46. The van der Waals surface area contributed by atoms with E-state index in [2.05, 4.69) is 5.32 Å². The molecular formula is C7H13NO. The van der Waals surface area contributed by atoms with Crippen LogP contribution in [-0.4, -0.2) is 25.8 Å². The van der Waals surface area contributed by atoms with Crippen molar-refractivity contribution in [3.63, 3.8) is 0 Å². The first-order chi connectivity index (χ1) is 4.47. The first-order valence-electron chi connectivity index (χ1n) is 3.78. The van der Waals surface area contributed by atoms with Crippen LogP contribution in [0.2, 0.25) is 0 Å². The molecule has 0 saturated carbocycles. The molecule has 0 aromatic heterocycles. The Morgan fingerprint density at radius 3 is 3.22 bits per heavy atom. The minimum absolute atomic E-state index is 0.693. The van der Waals surface area contributed by atoms with Crippen molar-refractivity contribution in [2.75, 3.05) is 19.8 Å². The van der Waals surface area contributed by atoms with Gasteiger partial charge in [-0.3, -0.25) is 0 Å². The fourth-order valence-corrected chi connectivity index (χ4v) is 1.76. The Bertz CT molecular complexity index is 93.1. The molecule has 0 unspecified atom stereocenters. The van der Waals surface area contributed by atoms with Crippen LogP contribution in [0.15, 0.2) is 0 Å². The third kappa shape index (κ3) is 0.970. The zero-order valence-corrected chi connectivity index (χ0v) is 5.60. The van der Waals surface area contributed by atoms with Crippen molar-refractivity contribution in [3.8, 4) is 0 Å². The maximum atomic E-state index is 5.33. The molecule has 0 amide bonds. The quantitative estimate of drug-likeness (QED) is 0.508. The van der Waals surface area contributed by atoms with Crippen LogP contribution in [0, 0.1) is 5.92 Å². The number of hydrogen-bond acceptors (Lipinski definition) is 2. The smallest absolute Gasteiger partial charge is 0.0623 e. The van der Waals surface area contributed by atoms with Crippen LogP contribution < -0.4 is 5.32 Å². The van der Waals surface area contributed by atoms with Crippen LogP contribution in [0.1, 0.15) is 12.8 Å². The minimum Gasteiger partial charge on any atom is -0.379 e. The van der Waals surface area contributed by atoms with Crippen molar-refractivity contribution in [3.05, 3.63) is 0 Å². The van der Waals surface area contributed by atoms with Gasteiger partial charge < -0.3 is 10.1 Å². The zero-order chi connectivity index (χ0) is 6.10. The van der Waals surface area contributed by atoms with E-state index in [4.69, 9.17) is 4.74 Å². The highest BCUT2D eigenvalue weighted by molar-refractivity contribution is 4.84. The van der Waals surface area contributed by atoms with E-state index >= 15 is 0 Å². The van der Waals surface area contributed by atoms with Crippen LogP contribution in [0.4, 0.5) is 0 Å². The van der Waals surface area contributed by atoms with Gasteiger partial charge in [0.1, 0.15) is 0 Å². The fraction of sp³-hybridized carbons (Fsp3) is 1.00. The molecule has 2 heteroatoms. The Labute approximate surface area is 55.6 Å². The molecule has 0 bridgehead atoms. The highest BCUT2D eigenvalue weighted by Gasteiger charge is 2.29. The summed E-state index contributed by atoms with van der Waals surface area (Å²) in [6.45, 7) is 3.15. The van der Waals surface area contributed by atoms with Crippen molar-refractivity contribution >= 4 is 0 Å². The molecule has 2 aliphatic rings. The Hall–Kier alpha value is -0.0800. The van der Waals surface area contributed by atoms with Crippen molar-refractivity contribution < 1.29 is 4.74 Å². The highest BCUT2D eigenvalue weighted by atomic mass is 16.5. The first kappa shape index (κ1) is 5.69. The third-order valence-corrected chi connectivity index (χ3v) is 2.36. The second-order valence-electron chi connectivity index (χ2n) is 3.00. The number of ether oxygens (including phenoxy) is 1. The summed E-state index contributed by atoms with van der Waals surface area (Å²) in [5.74, 6) is 0.832. The van der Waals surface area contributed by atoms with Gasteiger partial charge in [-0.15, -0.1) is 0 Å². The van der Waals surface area contributed by atoms with Gasteiger partial charge in [-0.05, 0) is 25.3 Å². The maximum Gasteiger partial charge on any atom is 0.0623 e. The molecule has 52 valence electrons. The summed E-state index contributed by atoms with van der Waals surface area (Å²) < 4.78 is 5.33. The van der Waals surface area contributed by atoms with Gasteiger partial charge in [-0.1, -0.05) is 0 Å². The lowest BCUT2D eigenvalue weighted by atomic mass is 9.94. The van der Waals surface area contributed by atoms with Crippen molar-refractivity contribution in [1.29, 1.82) is 0 Å². The molecule has 0 aliphatic carbocycles. The molecule has 2 heterocycles. The predicted octanol–water partition coefficient (Wildman–Crippen LogP) is 0.385. The average molecular weight is 127 g/mol. The molecule has 2 saturated heterocycles. The Kier molecular flexibility index (Phi) is 1.44. The van der Waals surface area contributed by atoms with Gasteiger partial charge in [0, 0.05) is 6.04 Å². The van der Waals surface area contributed by atoms with Crippen molar-refractivity contribution in [2.45, 2.75) is 18.9 Å². The molecular weight excluding hydrogens is 114 g/mol. The third-order valence-electron chi connectivity index (χ3n) is 2.36. The second-order valence-corrected chi connectivity index (χ2v) is 3.00. The van der Waals surface area contributed by atoms with Gasteiger partial charge in [0.25, 0.3) is 0 Å². The van der Waals surface area contributed by atoms with Crippen LogP contribution in [0.25, 0.3) is 0 Å². The fourth-order valence-electron chi connectivity index (χ4n) is 1.76. The monoisotopic (exact) mass is 127 g/mol. The number of nitrogens with one attached hydrogen (secondary N) is 1. The van der Waals surface area contributed by atoms with E-state index in [1.807, 2.05) is 0 Å². The van der Waals surface area contributed by atoms with Gasteiger partial charge >= 0.3 is 0 Å². The summed E-state index contributed by atoms with van der Waals surface area (Å²) in [6, 6.07) is 0.693. The van der Waals surface area contributed by atoms with E-state index < -0.39 is 0 Å². The van der Waals surface area contributed by atoms with E-state index in [0.29, 0.717) is 6.04 Å². The standard InChI is InChI=1S/C7H13NO/c1-2-6-4-9-5-7(6)8-3-1/h6-8H,1-5H2/t6-,7+/m1/s1. The van der Waals surface area contributed by atoms with E-state index in [1.54, 1.807) is 0 Å². The number of hydrogen-bond donors (Lipinski definition) is 1. The molecule has 2 rings (SSSR count). The van der Waals surface area contributed by atoms with E-state index in [9.17, 15) is 0 Å². The molecule has 0 spiro atoms. The van der Waals surface area contributed by atoms with Gasteiger partial charge in [0.05, 0.1) is 13.2 Å². The Morgan fingerprint density at radius 1 is 1.33 bits per heavy atom. The van der Waals surface area contributed by atoms with Gasteiger partial charge in [-0.25, -0.2) is 0 Å². The van der Waals surface area contributed by atoms with Gasteiger partial charge in [0.2, 0.25) is 0 Å². The van der Waals surface area contributed by atoms with Gasteiger partial charge in [0.15, 0.2) is 0 Å². The Balaban J connectivity index is 1.97. The summed E-state index contributed by atoms with van der Waals surface area (Å²) in [6.07, 6.45) is 2.71. The second kappa shape index (κ2) is 2.27. The number of fused-ring (bicyclic) bond motifs is 1. The van der Waals surface area contributed by atoms with E-state index in [1.165, 1.54) is 19.4 Å². The van der Waals surface area contributed by atoms with E-state index in [-0.39, 0.29) is 0 Å². The molecule has 0 aromatic rings. The van der Waals surface area contributed by atoms with Crippen LogP contribution in [-0.2, 0) is 4.74 Å². The summed E-state index contributed by atoms with van der Waals surface area (Å²) in [5.41, 5.74) is 0. The van der Waals surface area contributed by atoms with Crippen LogP contribution in [0.5, 0.6) is 0 Å². The molecule has 2 atom stereocenters.